The second kappa shape index (κ2) is 9.51. The van der Waals surface area contributed by atoms with Gasteiger partial charge in [-0.1, -0.05) is 47.6 Å². The topological polar surface area (TPSA) is 62.1 Å². The normalized spacial score (nSPS) is 10.9. The molecule has 0 bridgehead atoms. The van der Waals surface area contributed by atoms with Crippen LogP contribution in [0.3, 0.4) is 0 Å². The number of benzene rings is 2. The van der Waals surface area contributed by atoms with Crippen LogP contribution in [-0.4, -0.2) is 26.9 Å². The number of thioether (sulfide) groups is 1. The van der Waals surface area contributed by atoms with Gasteiger partial charge in [-0.2, -0.15) is 0 Å². The minimum atomic E-state index is 0.296. The number of hydrogen-bond acceptors (Lipinski definition) is 7. The first-order chi connectivity index (χ1) is 14.6. The molecule has 4 aromatic rings. The second-order valence-electron chi connectivity index (χ2n) is 6.34. The van der Waals surface area contributed by atoms with Crippen LogP contribution in [0.2, 0.25) is 5.02 Å². The van der Waals surface area contributed by atoms with Crippen LogP contribution >= 0.6 is 34.7 Å². The Morgan fingerprint density at radius 2 is 2.00 bits per heavy atom. The van der Waals surface area contributed by atoms with E-state index in [1.54, 1.807) is 36.3 Å². The highest BCUT2D eigenvalue weighted by Gasteiger charge is 2.12. The van der Waals surface area contributed by atoms with E-state index in [1.165, 1.54) is 0 Å². The van der Waals surface area contributed by atoms with Crippen molar-refractivity contribution >= 4 is 34.7 Å². The summed E-state index contributed by atoms with van der Waals surface area (Å²) in [5.41, 5.74) is 2.05. The lowest BCUT2D eigenvalue weighted by Crippen LogP contribution is -2.04. The number of ether oxygens (including phenoxy) is 2. The molecule has 154 valence electrons. The Morgan fingerprint density at radius 3 is 2.83 bits per heavy atom. The lowest BCUT2D eigenvalue weighted by atomic mass is 10.2. The van der Waals surface area contributed by atoms with E-state index in [4.69, 9.17) is 26.1 Å². The van der Waals surface area contributed by atoms with Gasteiger partial charge >= 0.3 is 0 Å². The summed E-state index contributed by atoms with van der Waals surface area (Å²) >= 11 is 9.34. The fourth-order valence-electron chi connectivity index (χ4n) is 2.70. The molecule has 0 aliphatic heterocycles. The highest BCUT2D eigenvalue weighted by molar-refractivity contribution is 7.98. The molecule has 0 N–H and O–H groups in total. The largest absolute Gasteiger partial charge is 0.497 e. The van der Waals surface area contributed by atoms with Gasteiger partial charge in [0.15, 0.2) is 11.0 Å². The molecule has 2 aromatic carbocycles. The molecule has 2 heterocycles. The van der Waals surface area contributed by atoms with Crippen molar-refractivity contribution in [3.05, 3.63) is 70.5 Å². The van der Waals surface area contributed by atoms with Gasteiger partial charge in [0.1, 0.15) is 23.1 Å². The van der Waals surface area contributed by atoms with Gasteiger partial charge in [0.2, 0.25) is 0 Å². The number of aromatic nitrogens is 4. The van der Waals surface area contributed by atoms with E-state index in [1.807, 2.05) is 54.1 Å². The minimum absolute atomic E-state index is 0.296. The SMILES string of the molecule is COc1cccc(-c2nc(CSc3nnc(COc4ccccc4Cl)n3C)cs2)c1. The summed E-state index contributed by atoms with van der Waals surface area (Å²) in [4.78, 5) is 4.74. The molecule has 0 amide bonds. The van der Waals surface area contributed by atoms with Crippen molar-refractivity contribution in [2.45, 2.75) is 17.5 Å². The van der Waals surface area contributed by atoms with Crippen molar-refractivity contribution in [3.63, 3.8) is 0 Å². The van der Waals surface area contributed by atoms with Crippen molar-refractivity contribution in [1.82, 2.24) is 19.7 Å². The van der Waals surface area contributed by atoms with E-state index in [0.29, 0.717) is 23.1 Å². The van der Waals surface area contributed by atoms with Gasteiger partial charge in [0, 0.05) is 23.7 Å². The van der Waals surface area contributed by atoms with E-state index in [2.05, 4.69) is 15.6 Å². The molecule has 0 atom stereocenters. The Morgan fingerprint density at radius 1 is 1.13 bits per heavy atom. The lowest BCUT2D eigenvalue weighted by molar-refractivity contribution is 0.290. The zero-order valence-corrected chi connectivity index (χ0v) is 18.8. The third-order valence-electron chi connectivity index (χ3n) is 4.34. The Labute approximate surface area is 187 Å². The summed E-state index contributed by atoms with van der Waals surface area (Å²) in [5, 5.41) is 12.9. The molecule has 0 radical (unpaired) electrons. The maximum atomic E-state index is 6.13. The number of nitrogens with zero attached hydrogens (tertiary/aromatic N) is 4. The molecule has 4 rings (SSSR count). The van der Waals surface area contributed by atoms with E-state index < -0.39 is 0 Å². The van der Waals surface area contributed by atoms with Crippen LogP contribution in [0.25, 0.3) is 10.6 Å². The molecule has 0 aliphatic carbocycles. The van der Waals surface area contributed by atoms with Crippen LogP contribution in [0.1, 0.15) is 11.5 Å². The first-order valence-corrected chi connectivity index (χ1v) is 11.4. The van der Waals surface area contributed by atoms with Gasteiger partial charge in [-0.05, 0) is 24.3 Å². The predicted octanol–water partition coefficient (Wildman–Crippen LogP) is 5.47. The molecule has 0 saturated heterocycles. The molecule has 6 nitrogen and oxygen atoms in total. The Hall–Kier alpha value is -2.55. The summed E-state index contributed by atoms with van der Waals surface area (Å²) in [6.45, 7) is 0.296. The van der Waals surface area contributed by atoms with Crippen LogP contribution in [0.15, 0.2) is 59.1 Å². The van der Waals surface area contributed by atoms with Crippen LogP contribution in [0.4, 0.5) is 0 Å². The molecular weight excluding hydrogens is 440 g/mol. The zero-order chi connectivity index (χ0) is 20.9. The summed E-state index contributed by atoms with van der Waals surface area (Å²) in [5.74, 6) is 2.89. The molecule has 2 aromatic heterocycles. The monoisotopic (exact) mass is 458 g/mol. The van der Waals surface area contributed by atoms with Crippen LogP contribution in [-0.2, 0) is 19.4 Å². The van der Waals surface area contributed by atoms with Crippen LogP contribution in [0, 0.1) is 0 Å². The maximum Gasteiger partial charge on any atom is 0.191 e. The van der Waals surface area contributed by atoms with Crippen molar-refractivity contribution in [2.75, 3.05) is 7.11 Å². The fourth-order valence-corrected chi connectivity index (χ4v) is 4.64. The van der Waals surface area contributed by atoms with Gasteiger partial charge in [-0.25, -0.2) is 4.98 Å². The summed E-state index contributed by atoms with van der Waals surface area (Å²) in [6, 6.07) is 15.3. The summed E-state index contributed by atoms with van der Waals surface area (Å²) < 4.78 is 13.0. The summed E-state index contributed by atoms with van der Waals surface area (Å²) in [7, 11) is 3.59. The van der Waals surface area contributed by atoms with Crippen molar-refractivity contribution < 1.29 is 9.47 Å². The van der Waals surface area contributed by atoms with E-state index in [-0.39, 0.29) is 0 Å². The molecule has 0 spiro atoms. The molecule has 9 heteroatoms. The van der Waals surface area contributed by atoms with Gasteiger partial charge in [-0.15, -0.1) is 21.5 Å². The Kier molecular flexibility index (Phi) is 6.56. The number of para-hydroxylation sites is 1. The number of rotatable bonds is 8. The number of methoxy groups -OCH3 is 1. The standard InChI is InChI=1S/C21H19ClN4O2S2/c1-26-19(11-28-18-9-4-3-8-17(18)22)24-25-21(26)30-13-15-12-29-20(23-15)14-6-5-7-16(10-14)27-2/h3-10,12H,11,13H2,1-2H3. The number of thiazole rings is 1. The first-order valence-electron chi connectivity index (χ1n) is 9.11. The van der Waals surface area contributed by atoms with Crippen molar-refractivity contribution in [1.29, 1.82) is 0 Å². The Bertz CT molecular complexity index is 1150. The van der Waals surface area contributed by atoms with Crippen molar-refractivity contribution in [2.24, 2.45) is 7.05 Å². The van der Waals surface area contributed by atoms with Crippen molar-refractivity contribution in [3.8, 4) is 22.1 Å². The molecular formula is C21H19ClN4O2S2. The molecule has 0 aliphatic rings. The van der Waals surface area contributed by atoms with E-state index in [9.17, 15) is 0 Å². The molecule has 30 heavy (non-hydrogen) atoms. The van der Waals surface area contributed by atoms with E-state index in [0.717, 1.165) is 33.0 Å². The molecule has 0 fully saturated rings. The predicted molar refractivity (Wildman–Crippen MR) is 120 cm³/mol. The average Bonchev–Trinajstić information content (AvgIpc) is 3.38. The second-order valence-corrected chi connectivity index (χ2v) is 8.55. The maximum absolute atomic E-state index is 6.13. The van der Waals surface area contributed by atoms with E-state index >= 15 is 0 Å². The number of halogens is 1. The molecule has 0 unspecified atom stereocenters. The van der Waals surface area contributed by atoms with Gasteiger partial charge in [0.25, 0.3) is 0 Å². The minimum Gasteiger partial charge on any atom is -0.497 e. The van der Waals surface area contributed by atoms with Crippen LogP contribution in [0.5, 0.6) is 11.5 Å². The third-order valence-corrected chi connectivity index (χ3v) is 6.64. The van der Waals surface area contributed by atoms with Gasteiger partial charge in [-0.3, -0.25) is 0 Å². The fraction of sp³-hybridized carbons (Fsp3) is 0.190. The quantitative estimate of drug-likeness (QED) is 0.326. The average molecular weight is 459 g/mol. The highest BCUT2D eigenvalue weighted by atomic mass is 35.5. The molecule has 0 saturated carbocycles. The third kappa shape index (κ3) is 4.77. The van der Waals surface area contributed by atoms with Gasteiger partial charge < -0.3 is 14.0 Å². The Balaban J connectivity index is 1.38. The zero-order valence-electron chi connectivity index (χ0n) is 16.4. The number of hydrogen-bond donors (Lipinski definition) is 0. The lowest BCUT2D eigenvalue weighted by Gasteiger charge is -2.07. The summed E-state index contributed by atoms with van der Waals surface area (Å²) in [6.07, 6.45) is 0. The highest BCUT2D eigenvalue weighted by Crippen LogP contribution is 2.29. The van der Waals surface area contributed by atoms with Gasteiger partial charge in [0.05, 0.1) is 17.8 Å². The van der Waals surface area contributed by atoms with Crippen LogP contribution < -0.4 is 9.47 Å². The first kappa shape index (κ1) is 20.7. The smallest absolute Gasteiger partial charge is 0.191 e.